The molecule has 0 aliphatic carbocycles. The molecule has 0 aliphatic heterocycles. The van der Waals surface area contributed by atoms with E-state index in [4.69, 9.17) is 18.0 Å². The largest absolute Gasteiger partial charge is 0.389 e. The Morgan fingerprint density at radius 1 is 1.69 bits per heavy atom. The van der Waals surface area contributed by atoms with Gasteiger partial charge in [-0.05, 0) is 25.5 Å². The van der Waals surface area contributed by atoms with Gasteiger partial charge in [0.25, 0.3) is 0 Å². The average molecular weight is 195 g/mol. The quantitative estimate of drug-likeness (QED) is 0.717. The Kier molecular flexibility index (Phi) is 3.19. The van der Waals surface area contributed by atoms with Crippen LogP contribution in [0.5, 0.6) is 0 Å². The predicted molar refractivity (Wildman–Crippen MR) is 59.0 cm³/mol. The third kappa shape index (κ3) is 2.15. The van der Waals surface area contributed by atoms with E-state index in [0.717, 1.165) is 23.5 Å². The molecule has 3 nitrogen and oxygen atoms in total. The number of nitrogens with two attached hydrogens (primary N) is 1. The number of hydrogen-bond acceptors (Lipinski definition) is 3. The van der Waals surface area contributed by atoms with Crippen LogP contribution in [0.4, 0.5) is 5.82 Å². The third-order valence-electron chi connectivity index (χ3n) is 1.75. The fraction of sp³-hybridized carbons (Fsp3) is 0.333. The Morgan fingerprint density at radius 2 is 2.38 bits per heavy atom. The smallest absolute Gasteiger partial charge is 0.136 e. The van der Waals surface area contributed by atoms with Gasteiger partial charge in [0.1, 0.15) is 10.8 Å². The number of hydrogen-bond donors (Lipinski definition) is 2. The highest BCUT2D eigenvalue weighted by Crippen LogP contribution is 2.15. The second-order valence-electron chi connectivity index (χ2n) is 2.75. The van der Waals surface area contributed by atoms with Crippen molar-refractivity contribution in [2.24, 2.45) is 5.73 Å². The molecule has 1 aromatic rings. The van der Waals surface area contributed by atoms with Crippen molar-refractivity contribution in [1.82, 2.24) is 4.98 Å². The van der Waals surface area contributed by atoms with E-state index in [1.165, 1.54) is 0 Å². The molecule has 0 saturated carbocycles. The highest BCUT2D eigenvalue weighted by atomic mass is 32.1. The number of pyridine rings is 1. The number of nitrogens with one attached hydrogen (secondary N) is 1. The summed E-state index contributed by atoms with van der Waals surface area (Å²) < 4.78 is 0. The Labute approximate surface area is 83.4 Å². The number of aryl methyl sites for hydroxylation is 1. The summed E-state index contributed by atoms with van der Waals surface area (Å²) in [6.45, 7) is 4.79. The molecule has 1 aromatic heterocycles. The number of rotatable bonds is 3. The monoisotopic (exact) mass is 195 g/mol. The second-order valence-corrected chi connectivity index (χ2v) is 3.19. The summed E-state index contributed by atoms with van der Waals surface area (Å²) >= 11 is 4.95. The predicted octanol–water partition coefficient (Wildman–Crippen LogP) is 1.46. The minimum absolute atomic E-state index is 0.390. The zero-order valence-electron chi connectivity index (χ0n) is 7.79. The van der Waals surface area contributed by atoms with Crippen LogP contribution in [0.2, 0.25) is 0 Å². The van der Waals surface area contributed by atoms with Gasteiger partial charge in [-0.1, -0.05) is 12.2 Å². The minimum Gasteiger partial charge on any atom is -0.389 e. The van der Waals surface area contributed by atoms with Crippen molar-refractivity contribution in [3.05, 3.63) is 23.4 Å². The molecule has 0 aliphatic rings. The van der Waals surface area contributed by atoms with E-state index in [2.05, 4.69) is 10.3 Å². The lowest BCUT2D eigenvalue weighted by Crippen LogP contribution is -2.15. The van der Waals surface area contributed by atoms with Gasteiger partial charge < -0.3 is 11.1 Å². The highest BCUT2D eigenvalue weighted by Gasteiger charge is 2.07. The van der Waals surface area contributed by atoms with Crippen LogP contribution in [0.25, 0.3) is 0 Å². The molecular formula is C9H13N3S. The maximum atomic E-state index is 5.60. The molecule has 0 fully saturated rings. The maximum Gasteiger partial charge on any atom is 0.136 e. The molecule has 0 aromatic carbocycles. The Hall–Kier alpha value is -1.16. The van der Waals surface area contributed by atoms with Gasteiger partial charge in [-0.2, -0.15) is 0 Å². The van der Waals surface area contributed by atoms with Gasteiger partial charge in [0.2, 0.25) is 0 Å². The van der Waals surface area contributed by atoms with Gasteiger partial charge in [-0.3, -0.25) is 0 Å². The zero-order chi connectivity index (χ0) is 9.84. The molecule has 3 N–H and O–H groups in total. The van der Waals surface area contributed by atoms with Crippen LogP contribution in [0, 0.1) is 6.92 Å². The first-order valence-electron chi connectivity index (χ1n) is 4.16. The molecule has 1 heterocycles. The van der Waals surface area contributed by atoms with Gasteiger partial charge in [0, 0.05) is 12.7 Å². The fourth-order valence-electron chi connectivity index (χ4n) is 1.17. The molecule has 1 rings (SSSR count). The highest BCUT2D eigenvalue weighted by molar-refractivity contribution is 7.80. The van der Waals surface area contributed by atoms with E-state index in [-0.39, 0.29) is 0 Å². The summed E-state index contributed by atoms with van der Waals surface area (Å²) in [6, 6.07) is 1.90. The van der Waals surface area contributed by atoms with Crippen molar-refractivity contribution in [3.8, 4) is 0 Å². The SMILES string of the molecule is CCNc1nccc(C)c1C(N)=S. The molecule has 0 spiro atoms. The number of anilines is 1. The summed E-state index contributed by atoms with van der Waals surface area (Å²) in [5.74, 6) is 0.773. The molecule has 13 heavy (non-hydrogen) atoms. The first-order valence-corrected chi connectivity index (χ1v) is 4.57. The lowest BCUT2D eigenvalue weighted by molar-refractivity contribution is 1.14. The van der Waals surface area contributed by atoms with Gasteiger partial charge in [0.15, 0.2) is 0 Å². The van der Waals surface area contributed by atoms with Crippen LogP contribution in [0.15, 0.2) is 12.3 Å². The summed E-state index contributed by atoms with van der Waals surface area (Å²) in [5.41, 5.74) is 7.50. The van der Waals surface area contributed by atoms with Crippen molar-refractivity contribution in [3.63, 3.8) is 0 Å². The van der Waals surface area contributed by atoms with E-state index >= 15 is 0 Å². The van der Waals surface area contributed by atoms with Crippen molar-refractivity contribution in [1.29, 1.82) is 0 Å². The van der Waals surface area contributed by atoms with Crippen LogP contribution in [-0.4, -0.2) is 16.5 Å². The lowest BCUT2D eigenvalue weighted by atomic mass is 10.1. The van der Waals surface area contributed by atoms with Gasteiger partial charge in [-0.15, -0.1) is 0 Å². The Bertz CT molecular complexity index is 323. The van der Waals surface area contributed by atoms with Crippen molar-refractivity contribution < 1.29 is 0 Å². The molecule has 70 valence electrons. The van der Waals surface area contributed by atoms with E-state index in [0.29, 0.717) is 4.99 Å². The van der Waals surface area contributed by atoms with Crippen LogP contribution in [0.3, 0.4) is 0 Å². The zero-order valence-corrected chi connectivity index (χ0v) is 8.61. The standard InChI is InChI=1S/C9H13N3S/c1-3-11-9-7(8(10)13)6(2)4-5-12-9/h4-5H,3H2,1-2H3,(H2,10,13)(H,11,12). The van der Waals surface area contributed by atoms with E-state index in [9.17, 15) is 0 Å². The van der Waals surface area contributed by atoms with Gasteiger partial charge >= 0.3 is 0 Å². The maximum absolute atomic E-state index is 5.60. The molecule has 0 radical (unpaired) electrons. The molecule has 0 saturated heterocycles. The third-order valence-corrected chi connectivity index (χ3v) is 1.95. The summed E-state index contributed by atoms with van der Waals surface area (Å²) in [6.07, 6.45) is 1.75. The summed E-state index contributed by atoms with van der Waals surface area (Å²) in [5, 5.41) is 3.12. The van der Waals surface area contributed by atoms with Crippen LogP contribution in [0.1, 0.15) is 18.1 Å². The first-order chi connectivity index (χ1) is 6.16. The average Bonchev–Trinajstić information content (AvgIpc) is 2.04. The van der Waals surface area contributed by atoms with Crippen LogP contribution in [-0.2, 0) is 0 Å². The molecule has 0 atom stereocenters. The van der Waals surface area contributed by atoms with Crippen LogP contribution >= 0.6 is 12.2 Å². The molecule has 0 bridgehead atoms. The topological polar surface area (TPSA) is 50.9 Å². The number of aromatic nitrogens is 1. The molecule has 0 amide bonds. The normalized spacial score (nSPS) is 9.69. The fourth-order valence-corrected chi connectivity index (χ4v) is 1.43. The molecule has 4 heteroatoms. The molecule has 0 unspecified atom stereocenters. The Balaban J connectivity index is 3.17. The van der Waals surface area contributed by atoms with Crippen molar-refractivity contribution in [2.45, 2.75) is 13.8 Å². The van der Waals surface area contributed by atoms with Crippen molar-refractivity contribution in [2.75, 3.05) is 11.9 Å². The summed E-state index contributed by atoms with van der Waals surface area (Å²) in [4.78, 5) is 4.56. The number of nitrogens with zero attached hydrogens (tertiary/aromatic N) is 1. The molecular weight excluding hydrogens is 182 g/mol. The first kappa shape index (κ1) is 9.92. The van der Waals surface area contributed by atoms with E-state index in [1.54, 1.807) is 6.20 Å². The lowest BCUT2D eigenvalue weighted by Gasteiger charge is -2.10. The number of thiocarbonyl (C=S) groups is 1. The van der Waals surface area contributed by atoms with Gasteiger partial charge in [-0.25, -0.2) is 4.98 Å². The Morgan fingerprint density at radius 3 is 2.92 bits per heavy atom. The summed E-state index contributed by atoms with van der Waals surface area (Å²) in [7, 11) is 0. The minimum atomic E-state index is 0.390. The van der Waals surface area contributed by atoms with E-state index < -0.39 is 0 Å². The van der Waals surface area contributed by atoms with Gasteiger partial charge in [0.05, 0.1) is 5.56 Å². The van der Waals surface area contributed by atoms with E-state index in [1.807, 2.05) is 19.9 Å². The second kappa shape index (κ2) is 4.18. The van der Waals surface area contributed by atoms with Crippen molar-refractivity contribution >= 4 is 23.0 Å². The van der Waals surface area contributed by atoms with Crippen LogP contribution < -0.4 is 11.1 Å².